The molecule has 1 amide bonds. The monoisotopic (exact) mass is 297 g/mol. The normalized spacial score (nSPS) is 17.5. The molecule has 5 nitrogen and oxygen atoms in total. The van der Waals surface area contributed by atoms with Gasteiger partial charge >= 0.3 is 6.01 Å². The van der Waals surface area contributed by atoms with E-state index < -0.39 is 0 Å². The third-order valence-electron chi connectivity index (χ3n) is 3.69. The Morgan fingerprint density at radius 3 is 2.55 bits per heavy atom. The number of aryl methyl sites for hydroxylation is 2. The van der Waals surface area contributed by atoms with Crippen LogP contribution in [0.25, 0.3) is 0 Å². The fourth-order valence-electron chi connectivity index (χ4n) is 2.67. The lowest BCUT2D eigenvalue weighted by atomic mass is 10.2. The van der Waals surface area contributed by atoms with E-state index in [1.165, 1.54) is 0 Å². The molecule has 3 rings (SSSR count). The van der Waals surface area contributed by atoms with Crippen molar-refractivity contribution in [3.63, 3.8) is 0 Å². The summed E-state index contributed by atoms with van der Waals surface area (Å²) in [5.74, 6) is 0.0491. The van der Waals surface area contributed by atoms with Crippen molar-refractivity contribution in [3.05, 3.63) is 53.3 Å². The Labute approximate surface area is 130 Å². The maximum absolute atomic E-state index is 12.4. The van der Waals surface area contributed by atoms with Gasteiger partial charge in [0.15, 0.2) is 0 Å². The molecule has 114 valence electrons. The molecule has 0 radical (unpaired) electrons. The van der Waals surface area contributed by atoms with Gasteiger partial charge in [0.2, 0.25) is 0 Å². The van der Waals surface area contributed by atoms with Crippen molar-refractivity contribution >= 4 is 5.91 Å². The van der Waals surface area contributed by atoms with Crippen molar-refractivity contribution in [2.75, 3.05) is 13.1 Å². The van der Waals surface area contributed by atoms with Gasteiger partial charge in [-0.1, -0.05) is 18.2 Å². The van der Waals surface area contributed by atoms with Crippen LogP contribution in [0.1, 0.15) is 28.2 Å². The Kier molecular flexibility index (Phi) is 4.04. The molecule has 0 saturated carbocycles. The van der Waals surface area contributed by atoms with Crippen molar-refractivity contribution in [1.82, 2.24) is 14.9 Å². The molecule has 1 atom stereocenters. The molecule has 1 aromatic carbocycles. The summed E-state index contributed by atoms with van der Waals surface area (Å²) in [4.78, 5) is 22.8. The molecule has 0 bridgehead atoms. The quantitative estimate of drug-likeness (QED) is 0.873. The number of nitrogens with zero attached hydrogens (tertiary/aromatic N) is 3. The van der Waals surface area contributed by atoms with Gasteiger partial charge in [-0.3, -0.25) is 4.79 Å². The zero-order valence-electron chi connectivity index (χ0n) is 12.8. The number of ether oxygens (including phenoxy) is 1. The van der Waals surface area contributed by atoms with Crippen LogP contribution >= 0.6 is 0 Å². The van der Waals surface area contributed by atoms with Crippen LogP contribution in [0, 0.1) is 13.8 Å². The van der Waals surface area contributed by atoms with E-state index in [2.05, 4.69) is 9.97 Å². The highest BCUT2D eigenvalue weighted by Crippen LogP contribution is 2.18. The summed E-state index contributed by atoms with van der Waals surface area (Å²) in [6, 6.07) is 11.6. The van der Waals surface area contributed by atoms with E-state index in [1.54, 1.807) is 0 Å². The summed E-state index contributed by atoms with van der Waals surface area (Å²) in [5.41, 5.74) is 2.49. The first-order valence-corrected chi connectivity index (χ1v) is 7.45. The highest BCUT2D eigenvalue weighted by molar-refractivity contribution is 5.94. The van der Waals surface area contributed by atoms with Gasteiger partial charge in [-0.05, 0) is 32.0 Å². The van der Waals surface area contributed by atoms with Gasteiger partial charge in [0.25, 0.3) is 5.91 Å². The minimum Gasteiger partial charge on any atom is -0.458 e. The van der Waals surface area contributed by atoms with Gasteiger partial charge in [-0.2, -0.15) is 0 Å². The number of rotatable bonds is 3. The molecule has 1 aliphatic rings. The van der Waals surface area contributed by atoms with E-state index in [0.29, 0.717) is 24.7 Å². The Morgan fingerprint density at radius 1 is 1.18 bits per heavy atom. The molecular weight excluding hydrogens is 278 g/mol. The van der Waals surface area contributed by atoms with Crippen molar-refractivity contribution < 1.29 is 9.53 Å². The molecule has 0 unspecified atom stereocenters. The summed E-state index contributed by atoms with van der Waals surface area (Å²) in [7, 11) is 0. The average Bonchev–Trinajstić information content (AvgIpc) is 2.95. The second-order valence-electron chi connectivity index (χ2n) is 5.58. The standard InChI is InChI=1S/C17H19N3O2/c1-12-10-13(2)19-17(18-12)22-15-8-9-20(11-15)16(21)14-6-4-3-5-7-14/h3-7,10,15H,8-9,11H2,1-2H3/t15-/m1/s1. The lowest BCUT2D eigenvalue weighted by Crippen LogP contribution is -2.31. The molecule has 1 saturated heterocycles. The number of hydrogen-bond donors (Lipinski definition) is 0. The molecule has 5 heteroatoms. The number of aromatic nitrogens is 2. The van der Waals surface area contributed by atoms with Crippen LogP contribution < -0.4 is 4.74 Å². The minimum absolute atomic E-state index is 0.0473. The maximum Gasteiger partial charge on any atom is 0.317 e. The Balaban J connectivity index is 1.64. The van der Waals surface area contributed by atoms with E-state index in [-0.39, 0.29) is 12.0 Å². The fourth-order valence-corrected chi connectivity index (χ4v) is 2.67. The second kappa shape index (κ2) is 6.13. The fraction of sp³-hybridized carbons (Fsp3) is 0.353. The molecule has 2 heterocycles. The van der Waals surface area contributed by atoms with Crippen LogP contribution in [0.3, 0.4) is 0 Å². The van der Waals surface area contributed by atoms with Crippen molar-refractivity contribution in [2.24, 2.45) is 0 Å². The highest BCUT2D eigenvalue weighted by Gasteiger charge is 2.28. The van der Waals surface area contributed by atoms with Crippen molar-refractivity contribution in [1.29, 1.82) is 0 Å². The van der Waals surface area contributed by atoms with Crippen molar-refractivity contribution in [3.8, 4) is 6.01 Å². The lowest BCUT2D eigenvalue weighted by Gasteiger charge is -2.17. The van der Waals surface area contributed by atoms with Crippen LogP contribution in [-0.4, -0.2) is 40.0 Å². The Bertz CT molecular complexity index is 653. The van der Waals surface area contributed by atoms with Gasteiger partial charge in [-0.25, -0.2) is 9.97 Å². The number of likely N-dealkylation sites (tertiary alicyclic amines) is 1. The van der Waals surface area contributed by atoms with Crippen LogP contribution in [0.4, 0.5) is 0 Å². The van der Waals surface area contributed by atoms with E-state index in [4.69, 9.17) is 4.74 Å². The van der Waals surface area contributed by atoms with Gasteiger partial charge in [0.1, 0.15) is 6.10 Å². The average molecular weight is 297 g/mol. The summed E-state index contributed by atoms with van der Waals surface area (Å²) >= 11 is 0. The first-order chi connectivity index (χ1) is 10.6. The number of carbonyl (C=O) groups is 1. The van der Waals surface area contributed by atoms with Crippen LogP contribution in [0.5, 0.6) is 6.01 Å². The number of amides is 1. The summed E-state index contributed by atoms with van der Waals surface area (Å²) < 4.78 is 5.84. The SMILES string of the molecule is Cc1cc(C)nc(O[C@@H]2CCN(C(=O)c3ccccc3)C2)n1. The van der Waals surface area contributed by atoms with Crippen molar-refractivity contribution in [2.45, 2.75) is 26.4 Å². The minimum atomic E-state index is -0.0473. The molecule has 1 aromatic heterocycles. The van der Waals surface area contributed by atoms with E-state index >= 15 is 0 Å². The van der Waals surface area contributed by atoms with Crippen LogP contribution in [-0.2, 0) is 0 Å². The van der Waals surface area contributed by atoms with Gasteiger partial charge in [0, 0.05) is 29.9 Å². The Morgan fingerprint density at radius 2 is 1.86 bits per heavy atom. The van der Waals surface area contributed by atoms with Crippen LogP contribution in [0.15, 0.2) is 36.4 Å². The second-order valence-corrected chi connectivity index (χ2v) is 5.58. The zero-order chi connectivity index (χ0) is 15.5. The molecule has 1 fully saturated rings. The molecule has 0 aliphatic carbocycles. The van der Waals surface area contributed by atoms with E-state index in [9.17, 15) is 4.79 Å². The van der Waals surface area contributed by atoms with E-state index in [1.807, 2.05) is 55.1 Å². The third-order valence-corrected chi connectivity index (χ3v) is 3.69. The number of benzene rings is 1. The summed E-state index contributed by atoms with van der Waals surface area (Å²) in [6.45, 7) is 5.11. The first-order valence-electron chi connectivity index (χ1n) is 7.45. The molecule has 0 N–H and O–H groups in total. The molecular formula is C17H19N3O2. The number of carbonyl (C=O) groups excluding carboxylic acids is 1. The summed E-state index contributed by atoms with van der Waals surface area (Å²) in [5, 5.41) is 0. The molecule has 2 aromatic rings. The highest BCUT2D eigenvalue weighted by atomic mass is 16.5. The third kappa shape index (κ3) is 3.24. The van der Waals surface area contributed by atoms with Crippen LogP contribution in [0.2, 0.25) is 0 Å². The Hall–Kier alpha value is -2.43. The topological polar surface area (TPSA) is 55.3 Å². The van der Waals surface area contributed by atoms with Gasteiger partial charge in [0.05, 0.1) is 6.54 Å². The van der Waals surface area contributed by atoms with E-state index in [0.717, 1.165) is 17.8 Å². The largest absolute Gasteiger partial charge is 0.458 e. The van der Waals surface area contributed by atoms with Gasteiger partial charge in [-0.15, -0.1) is 0 Å². The first kappa shape index (κ1) is 14.5. The smallest absolute Gasteiger partial charge is 0.317 e. The number of hydrogen-bond acceptors (Lipinski definition) is 4. The summed E-state index contributed by atoms with van der Waals surface area (Å²) in [6.07, 6.45) is 0.753. The predicted molar refractivity (Wildman–Crippen MR) is 82.9 cm³/mol. The van der Waals surface area contributed by atoms with Gasteiger partial charge < -0.3 is 9.64 Å². The lowest BCUT2D eigenvalue weighted by molar-refractivity contribution is 0.0769. The zero-order valence-corrected chi connectivity index (χ0v) is 12.8. The predicted octanol–water partition coefficient (Wildman–Crippen LogP) is 2.39. The molecule has 1 aliphatic heterocycles. The maximum atomic E-state index is 12.4. The molecule has 0 spiro atoms. The molecule has 22 heavy (non-hydrogen) atoms.